The minimum absolute atomic E-state index is 0.0933. The highest BCUT2D eigenvalue weighted by Crippen LogP contribution is 2.05. The maximum atomic E-state index is 11.2. The Morgan fingerprint density at radius 3 is 3.07 bits per heavy atom. The number of carbonyl (C=O) groups excluding carboxylic acids is 1. The molecule has 1 N–H and O–H groups in total. The molecule has 1 aliphatic heterocycles. The minimum atomic E-state index is -0.242. The van der Waals surface area contributed by atoms with Crippen LogP contribution in [-0.2, 0) is 14.3 Å². The molecule has 1 saturated heterocycles. The summed E-state index contributed by atoms with van der Waals surface area (Å²) in [7, 11) is 0. The fourth-order valence-corrected chi connectivity index (χ4v) is 1.52. The van der Waals surface area contributed by atoms with Crippen LogP contribution in [0.2, 0.25) is 0 Å². The van der Waals surface area contributed by atoms with Crippen molar-refractivity contribution < 1.29 is 14.3 Å². The molecule has 1 atom stereocenters. The van der Waals surface area contributed by atoms with Gasteiger partial charge < -0.3 is 14.8 Å². The second-order valence-corrected chi connectivity index (χ2v) is 3.85. The van der Waals surface area contributed by atoms with Crippen LogP contribution < -0.4 is 5.32 Å². The zero-order valence-corrected chi connectivity index (χ0v) is 9.46. The normalized spacial score (nSPS) is 21.3. The molecule has 0 radical (unpaired) electrons. The molecule has 4 nitrogen and oxygen atoms in total. The topological polar surface area (TPSA) is 47.6 Å². The highest BCUT2D eigenvalue weighted by atomic mass is 16.6. The average molecular weight is 215 g/mol. The molecule has 0 bridgehead atoms. The molecule has 0 amide bonds. The van der Waals surface area contributed by atoms with Gasteiger partial charge in [0.1, 0.15) is 6.61 Å². The van der Waals surface area contributed by atoms with Gasteiger partial charge in [-0.25, -0.2) is 4.79 Å². The van der Waals surface area contributed by atoms with E-state index in [1.165, 1.54) is 0 Å². The Morgan fingerprint density at radius 2 is 2.40 bits per heavy atom. The van der Waals surface area contributed by atoms with E-state index in [0.29, 0.717) is 6.61 Å². The number of esters is 1. The lowest BCUT2D eigenvalue weighted by atomic mass is 10.1. The zero-order valence-electron chi connectivity index (χ0n) is 9.46. The van der Waals surface area contributed by atoms with Crippen molar-refractivity contribution in [2.24, 2.45) is 0 Å². The smallest absolute Gasteiger partial charge is 0.332 e. The van der Waals surface area contributed by atoms with Crippen molar-refractivity contribution in [2.75, 3.05) is 26.3 Å². The molecule has 0 aliphatic carbocycles. The molecule has 1 rings (SSSR count). The molecule has 0 spiro atoms. The maximum Gasteiger partial charge on any atom is 0.332 e. The van der Waals surface area contributed by atoms with Gasteiger partial charge in [-0.05, 0) is 25.8 Å². The SMILES string of the molecule is CCCCOC(=O)CO[C@H]1CCCNC1. The van der Waals surface area contributed by atoms with E-state index in [1.807, 2.05) is 0 Å². The maximum absolute atomic E-state index is 11.2. The van der Waals surface area contributed by atoms with Gasteiger partial charge in [0.25, 0.3) is 0 Å². The summed E-state index contributed by atoms with van der Waals surface area (Å²) in [6.45, 7) is 4.58. The van der Waals surface area contributed by atoms with E-state index >= 15 is 0 Å². The lowest BCUT2D eigenvalue weighted by molar-refractivity contribution is -0.151. The predicted molar refractivity (Wildman–Crippen MR) is 57.7 cm³/mol. The lowest BCUT2D eigenvalue weighted by Crippen LogP contribution is -2.36. The van der Waals surface area contributed by atoms with Gasteiger partial charge in [-0.1, -0.05) is 13.3 Å². The molecule has 88 valence electrons. The molecular formula is C11H21NO3. The third-order valence-corrected chi connectivity index (χ3v) is 2.45. The van der Waals surface area contributed by atoms with Gasteiger partial charge in [0.05, 0.1) is 12.7 Å². The first-order chi connectivity index (χ1) is 7.33. The summed E-state index contributed by atoms with van der Waals surface area (Å²) in [4.78, 5) is 11.2. The average Bonchev–Trinajstić information content (AvgIpc) is 2.28. The summed E-state index contributed by atoms with van der Waals surface area (Å²) in [6, 6.07) is 0. The van der Waals surface area contributed by atoms with E-state index in [4.69, 9.17) is 9.47 Å². The van der Waals surface area contributed by atoms with Crippen LogP contribution in [0.3, 0.4) is 0 Å². The zero-order chi connectivity index (χ0) is 10.9. The fraction of sp³-hybridized carbons (Fsp3) is 0.909. The Bertz CT molecular complexity index is 179. The Morgan fingerprint density at radius 1 is 1.53 bits per heavy atom. The van der Waals surface area contributed by atoms with Crippen molar-refractivity contribution in [2.45, 2.75) is 38.7 Å². The van der Waals surface area contributed by atoms with Gasteiger partial charge in [0.2, 0.25) is 0 Å². The first-order valence-electron chi connectivity index (χ1n) is 5.81. The van der Waals surface area contributed by atoms with E-state index < -0.39 is 0 Å². The lowest BCUT2D eigenvalue weighted by Gasteiger charge is -2.22. The van der Waals surface area contributed by atoms with Crippen LogP contribution in [0, 0.1) is 0 Å². The van der Waals surface area contributed by atoms with Crippen molar-refractivity contribution in [3.63, 3.8) is 0 Å². The van der Waals surface area contributed by atoms with Gasteiger partial charge in [-0.2, -0.15) is 0 Å². The van der Waals surface area contributed by atoms with Crippen molar-refractivity contribution in [1.29, 1.82) is 0 Å². The van der Waals surface area contributed by atoms with Gasteiger partial charge in [-0.3, -0.25) is 0 Å². The van der Waals surface area contributed by atoms with Crippen molar-refractivity contribution in [3.8, 4) is 0 Å². The van der Waals surface area contributed by atoms with Crippen LogP contribution >= 0.6 is 0 Å². The molecule has 1 aliphatic rings. The largest absolute Gasteiger partial charge is 0.464 e. The summed E-state index contributed by atoms with van der Waals surface area (Å²) in [5.74, 6) is -0.242. The van der Waals surface area contributed by atoms with Crippen LogP contribution in [0.15, 0.2) is 0 Å². The molecule has 0 unspecified atom stereocenters. The number of piperidine rings is 1. The highest BCUT2D eigenvalue weighted by molar-refractivity contribution is 5.70. The third kappa shape index (κ3) is 5.74. The van der Waals surface area contributed by atoms with Gasteiger partial charge in [-0.15, -0.1) is 0 Å². The Labute approximate surface area is 91.3 Å². The molecule has 0 saturated carbocycles. The summed E-state index contributed by atoms with van der Waals surface area (Å²) < 4.78 is 10.4. The second kappa shape index (κ2) is 7.65. The number of hydrogen-bond acceptors (Lipinski definition) is 4. The molecule has 4 heteroatoms. The summed E-state index contributed by atoms with van der Waals surface area (Å²) in [5.41, 5.74) is 0. The van der Waals surface area contributed by atoms with Crippen LogP contribution in [0.5, 0.6) is 0 Å². The first-order valence-corrected chi connectivity index (χ1v) is 5.81. The third-order valence-electron chi connectivity index (χ3n) is 2.45. The van der Waals surface area contributed by atoms with Crippen LogP contribution in [0.1, 0.15) is 32.6 Å². The minimum Gasteiger partial charge on any atom is -0.464 e. The van der Waals surface area contributed by atoms with Crippen LogP contribution in [0.25, 0.3) is 0 Å². The van der Waals surface area contributed by atoms with Crippen LogP contribution in [-0.4, -0.2) is 38.4 Å². The monoisotopic (exact) mass is 215 g/mol. The summed E-state index contributed by atoms with van der Waals surface area (Å²) >= 11 is 0. The van der Waals surface area contributed by atoms with E-state index in [-0.39, 0.29) is 18.7 Å². The number of rotatable bonds is 6. The highest BCUT2D eigenvalue weighted by Gasteiger charge is 2.14. The van der Waals surface area contributed by atoms with Crippen molar-refractivity contribution >= 4 is 5.97 Å². The molecule has 0 aromatic carbocycles. The number of hydrogen-bond donors (Lipinski definition) is 1. The number of unbranched alkanes of at least 4 members (excludes halogenated alkanes) is 1. The summed E-state index contributed by atoms with van der Waals surface area (Å²) in [5, 5.41) is 3.23. The molecule has 0 aromatic heterocycles. The Hall–Kier alpha value is -0.610. The van der Waals surface area contributed by atoms with Crippen LogP contribution in [0.4, 0.5) is 0 Å². The molecule has 15 heavy (non-hydrogen) atoms. The van der Waals surface area contributed by atoms with E-state index in [2.05, 4.69) is 12.2 Å². The number of ether oxygens (including phenoxy) is 2. The molecule has 1 fully saturated rings. The molecule has 0 aromatic rings. The second-order valence-electron chi connectivity index (χ2n) is 3.85. The van der Waals surface area contributed by atoms with Gasteiger partial charge in [0, 0.05) is 6.54 Å². The van der Waals surface area contributed by atoms with E-state index in [1.54, 1.807) is 0 Å². The predicted octanol–water partition coefficient (Wildman–Crippen LogP) is 1.10. The van der Waals surface area contributed by atoms with Gasteiger partial charge >= 0.3 is 5.97 Å². The quantitative estimate of drug-likeness (QED) is 0.532. The fourth-order valence-electron chi connectivity index (χ4n) is 1.52. The molecule has 1 heterocycles. The Kier molecular flexibility index (Phi) is 6.36. The Balaban J connectivity index is 2.00. The molecular weight excluding hydrogens is 194 g/mol. The van der Waals surface area contributed by atoms with Gasteiger partial charge in [0.15, 0.2) is 0 Å². The number of nitrogens with one attached hydrogen (secondary N) is 1. The number of carbonyl (C=O) groups is 1. The van der Waals surface area contributed by atoms with E-state index in [9.17, 15) is 4.79 Å². The van der Waals surface area contributed by atoms with E-state index in [0.717, 1.165) is 38.8 Å². The standard InChI is InChI=1S/C11H21NO3/c1-2-3-7-14-11(13)9-15-10-5-4-6-12-8-10/h10,12H,2-9H2,1H3/t10-/m0/s1. The summed E-state index contributed by atoms with van der Waals surface area (Å²) in [6.07, 6.45) is 4.31. The van der Waals surface area contributed by atoms with Crippen molar-refractivity contribution in [3.05, 3.63) is 0 Å². The van der Waals surface area contributed by atoms with Crippen molar-refractivity contribution in [1.82, 2.24) is 5.32 Å². The first kappa shape index (κ1) is 12.5.